The van der Waals surface area contributed by atoms with E-state index in [0.717, 1.165) is 57.9 Å². The first kappa shape index (κ1) is 19.8. The lowest BCUT2D eigenvalue weighted by molar-refractivity contribution is 0.102. The SMILES string of the molecule is Cc1cc(C(=O)Nc2sc3c(c2-c2nc4ccccc4[nH]2)CCCC3)ccc1-n1cnnn1. The maximum Gasteiger partial charge on any atom is 0.256 e. The zero-order valence-corrected chi connectivity index (χ0v) is 18.8. The van der Waals surface area contributed by atoms with Crippen molar-refractivity contribution < 1.29 is 4.79 Å². The number of carbonyl (C=O) groups excluding carboxylic acids is 1. The van der Waals surface area contributed by atoms with Gasteiger partial charge in [-0.1, -0.05) is 12.1 Å². The minimum absolute atomic E-state index is 0.141. The second kappa shape index (κ2) is 7.93. The van der Waals surface area contributed by atoms with Crippen LogP contribution in [-0.4, -0.2) is 36.1 Å². The number of H-pyrrole nitrogens is 1. The largest absolute Gasteiger partial charge is 0.338 e. The molecule has 33 heavy (non-hydrogen) atoms. The van der Waals surface area contributed by atoms with E-state index in [-0.39, 0.29) is 5.91 Å². The molecule has 1 amide bonds. The van der Waals surface area contributed by atoms with Crippen molar-refractivity contribution >= 4 is 33.3 Å². The summed E-state index contributed by atoms with van der Waals surface area (Å²) in [5, 5.41) is 15.3. The number of aromatic nitrogens is 6. The summed E-state index contributed by atoms with van der Waals surface area (Å²) in [7, 11) is 0. The molecule has 164 valence electrons. The van der Waals surface area contributed by atoms with Gasteiger partial charge in [-0.2, -0.15) is 0 Å². The first-order valence-corrected chi connectivity index (χ1v) is 11.7. The number of aromatic amines is 1. The van der Waals surface area contributed by atoms with Gasteiger partial charge < -0.3 is 10.3 Å². The van der Waals surface area contributed by atoms with E-state index in [1.54, 1.807) is 22.1 Å². The molecule has 0 bridgehead atoms. The van der Waals surface area contributed by atoms with E-state index in [9.17, 15) is 4.79 Å². The molecule has 0 unspecified atom stereocenters. The number of fused-ring (bicyclic) bond motifs is 2. The Balaban J connectivity index is 1.37. The highest BCUT2D eigenvalue weighted by atomic mass is 32.1. The van der Waals surface area contributed by atoms with Crippen molar-refractivity contribution in [3.8, 4) is 17.1 Å². The van der Waals surface area contributed by atoms with Crippen LogP contribution in [-0.2, 0) is 12.8 Å². The molecule has 0 fully saturated rings. The Bertz CT molecular complexity index is 1450. The molecule has 2 aromatic carbocycles. The molecule has 8 nitrogen and oxygen atoms in total. The van der Waals surface area contributed by atoms with E-state index < -0.39 is 0 Å². The van der Waals surface area contributed by atoms with Crippen LogP contribution >= 0.6 is 11.3 Å². The number of nitrogens with zero attached hydrogens (tertiary/aromatic N) is 5. The van der Waals surface area contributed by atoms with Gasteiger partial charge in [0, 0.05) is 10.4 Å². The van der Waals surface area contributed by atoms with Gasteiger partial charge in [0.25, 0.3) is 5.91 Å². The predicted molar refractivity (Wildman–Crippen MR) is 128 cm³/mol. The molecule has 5 aromatic rings. The molecule has 1 aliphatic rings. The summed E-state index contributed by atoms with van der Waals surface area (Å²) in [6.07, 6.45) is 5.93. The standard InChI is InChI=1S/C24H21N7OS/c1-14-12-15(10-11-19(14)31-13-25-29-30-31)23(32)28-24-21(16-6-2-5-9-20(16)33-24)22-26-17-7-3-4-8-18(17)27-22/h3-4,7-8,10-13H,2,5-6,9H2,1H3,(H,26,27)(H,28,32). The van der Waals surface area contributed by atoms with E-state index in [1.807, 2.05) is 43.3 Å². The molecular formula is C24H21N7OS. The van der Waals surface area contributed by atoms with E-state index in [4.69, 9.17) is 4.98 Å². The van der Waals surface area contributed by atoms with E-state index in [2.05, 4.69) is 25.8 Å². The van der Waals surface area contributed by atoms with Crippen LogP contribution in [0.25, 0.3) is 28.1 Å². The lowest BCUT2D eigenvalue weighted by Gasteiger charge is -2.12. The van der Waals surface area contributed by atoms with Crippen LogP contribution in [0.3, 0.4) is 0 Å². The molecule has 0 aliphatic heterocycles. The molecule has 0 radical (unpaired) electrons. The Morgan fingerprint density at radius 1 is 1.15 bits per heavy atom. The number of rotatable bonds is 4. The first-order valence-electron chi connectivity index (χ1n) is 10.9. The normalized spacial score (nSPS) is 13.2. The lowest BCUT2D eigenvalue weighted by atomic mass is 9.95. The van der Waals surface area contributed by atoms with E-state index >= 15 is 0 Å². The minimum Gasteiger partial charge on any atom is -0.338 e. The van der Waals surface area contributed by atoms with Gasteiger partial charge in [0.2, 0.25) is 0 Å². The molecule has 0 atom stereocenters. The van der Waals surface area contributed by atoms with Crippen molar-refractivity contribution in [1.82, 2.24) is 30.2 Å². The summed E-state index contributed by atoms with van der Waals surface area (Å²) in [6.45, 7) is 1.94. The summed E-state index contributed by atoms with van der Waals surface area (Å²) < 4.78 is 1.59. The molecule has 9 heteroatoms. The van der Waals surface area contributed by atoms with Gasteiger partial charge in [0.1, 0.15) is 17.2 Å². The Kier molecular flexibility index (Phi) is 4.76. The first-order chi connectivity index (χ1) is 16.2. The van der Waals surface area contributed by atoms with Crippen LogP contribution in [0.4, 0.5) is 5.00 Å². The van der Waals surface area contributed by atoms with Crippen LogP contribution in [0.2, 0.25) is 0 Å². The molecule has 0 saturated heterocycles. The third kappa shape index (κ3) is 3.50. The second-order valence-corrected chi connectivity index (χ2v) is 9.33. The Hall–Kier alpha value is -3.85. The number of hydrogen-bond donors (Lipinski definition) is 2. The van der Waals surface area contributed by atoms with Crippen molar-refractivity contribution in [1.29, 1.82) is 0 Å². The fourth-order valence-corrected chi connectivity index (χ4v) is 5.76. The number of nitrogens with one attached hydrogen (secondary N) is 2. The average Bonchev–Trinajstić information content (AvgIpc) is 3.56. The average molecular weight is 456 g/mol. The molecule has 1 aliphatic carbocycles. The van der Waals surface area contributed by atoms with Crippen LogP contribution < -0.4 is 5.32 Å². The molecular weight excluding hydrogens is 434 g/mol. The number of carbonyl (C=O) groups is 1. The summed E-state index contributed by atoms with van der Waals surface area (Å²) in [5.41, 5.74) is 6.60. The zero-order valence-electron chi connectivity index (χ0n) is 18.0. The third-order valence-corrected chi connectivity index (χ3v) is 7.29. The Morgan fingerprint density at radius 3 is 2.85 bits per heavy atom. The highest BCUT2D eigenvalue weighted by molar-refractivity contribution is 7.17. The number of hydrogen-bond acceptors (Lipinski definition) is 6. The number of anilines is 1. The smallest absolute Gasteiger partial charge is 0.256 e. The van der Waals surface area contributed by atoms with Gasteiger partial charge in [-0.3, -0.25) is 4.79 Å². The zero-order chi connectivity index (χ0) is 22.4. The van der Waals surface area contributed by atoms with E-state index in [1.165, 1.54) is 23.2 Å². The molecule has 3 aromatic heterocycles. The fourth-order valence-electron chi connectivity index (χ4n) is 4.48. The molecule has 6 rings (SSSR count). The highest BCUT2D eigenvalue weighted by Gasteiger charge is 2.25. The Labute approximate surface area is 193 Å². The van der Waals surface area contributed by atoms with Crippen molar-refractivity contribution in [2.24, 2.45) is 0 Å². The molecule has 2 N–H and O–H groups in total. The minimum atomic E-state index is -0.141. The number of para-hydroxylation sites is 2. The maximum absolute atomic E-state index is 13.3. The quantitative estimate of drug-likeness (QED) is 0.409. The van der Waals surface area contributed by atoms with Crippen LogP contribution in [0.5, 0.6) is 0 Å². The van der Waals surface area contributed by atoms with E-state index in [0.29, 0.717) is 5.56 Å². The second-order valence-electron chi connectivity index (χ2n) is 8.23. The number of benzene rings is 2. The fraction of sp³-hybridized carbons (Fsp3) is 0.208. The van der Waals surface area contributed by atoms with Crippen LogP contribution in [0.1, 0.15) is 39.2 Å². The summed E-state index contributed by atoms with van der Waals surface area (Å²) in [4.78, 5) is 22.9. The summed E-state index contributed by atoms with van der Waals surface area (Å²) in [6, 6.07) is 13.5. The van der Waals surface area contributed by atoms with Crippen molar-refractivity contribution in [3.63, 3.8) is 0 Å². The van der Waals surface area contributed by atoms with Gasteiger partial charge in [-0.15, -0.1) is 16.4 Å². The highest BCUT2D eigenvalue weighted by Crippen LogP contribution is 2.43. The number of tetrazole rings is 1. The predicted octanol–water partition coefficient (Wildman–Crippen LogP) is 4.71. The monoisotopic (exact) mass is 455 g/mol. The number of amides is 1. The van der Waals surface area contributed by atoms with Gasteiger partial charge in [0.15, 0.2) is 0 Å². The third-order valence-electron chi connectivity index (χ3n) is 6.08. The maximum atomic E-state index is 13.3. The van der Waals surface area contributed by atoms with Crippen LogP contribution in [0.15, 0.2) is 48.8 Å². The topological polar surface area (TPSA) is 101 Å². The van der Waals surface area contributed by atoms with Crippen molar-refractivity contribution in [3.05, 3.63) is 70.4 Å². The number of thiophene rings is 1. The molecule has 0 spiro atoms. The molecule has 0 saturated carbocycles. The van der Waals surface area contributed by atoms with Crippen molar-refractivity contribution in [2.75, 3.05) is 5.32 Å². The van der Waals surface area contributed by atoms with Gasteiger partial charge in [-0.25, -0.2) is 9.67 Å². The summed E-state index contributed by atoms with van der Waals surface area (Å²) in [5.74, 6) is 0.674. The van der Waals surface area contributed by atoms with Crippen LogP contribution in [0, 0.1) is 6.92 Å². The van der Waals surface area contributed by atoms with Gasteiger partial charge >= 0.3 is 0 Å². The number of imidazole rings is 1. The Morgan fingerprint density at radius 2 is 2.03 bits per heavy atom. The summed E-state index contributed by atoms with van der Waals surface area (Å²) >= 11 is 1.67. The van der Waals surface area contributed by atoms with Gasteiger partial charge in [0.05, 0.1) is 22.3 Å². The van der Waals surface area contributed by atoms with Crippen molar-refractivity contribution in [2.45, 2.75) is 32.6 Å². The van der Waals surface area contributed by atoms with Gasteiger partial charge in [-0.05, 0) is 84.5 Å². The number of aryl methyl sites for hydroxylation is 2. The lowest BCUT2D eigenvalue weighted by Crippen LogP contribution is -2.12. The molecule has 3 heterocycles.